The summed E-state index contributed by atoms with van der Waals surface area (Å²) in [5.41, 5.74) is 0.509. The van der Waals surface area contributed by atoms with Crippen LogP contribution in [0.25, 0.3) is 0 Å². The number of amides is 2. The Morgan fingerprint density at radius 2 is 1.76 bits per heavy atom. The molecule has 0 heterocycles. The van der Waals surface area contributed by atoms with Crippen molar-refractivity contribution in [3.05, 3.63) is 18.2 Å². The summed E-state index contributed by atoms with van der Waals surface area (Å²) in [5, 5.41) is 13.5. The highest BCUT2D eigenvalue weighted by atomic mass is 16.5. The third-order valence-electron chi connectivity index (χ3n) is 2.37. The molecule has 0 unspecified atom stereocenters. The fourth-order valence-corrected chi connectivity index (χ4v) is 1.45. The van der Waals surface area contributed by atoms with Gasteiger partial charge in [0.1, 0.15) is 18.1 Å². The van der Waals surface area contributed by atoms with Crippen molar-refractivity contribution in [3.63, 3.8) is 0 Å². The number of carbonyl (C=O) groups excluding carboxylic acids is 1. The van der Waals surface area contributed by atoms with Crippen molar-refractivity contribution in [2.24, 2.45) is 0 Å². The zero-order chi connectivity index (χ0) is 15.7. The predicted octanol–water partition coefficient (Wildman–Crippen LogP) is 0.926. The second-order valence-electron chi connectivity index (χ2n) is 3.93. The van der Waals surface area contributed by atoms with Crippen molar-refractivity contribution in [2.45, 2.75) is 0 Å². The molecule has 0 aliphatic rings. The van der Waals surface area contributed by atoms with E-state index in [1.165, 1.54) is 14.2 Å². The van der Waals surface area contributed by atoms with Gasteiger partial charge in [-0.1, -0.05) is 0 Å². The molecule has 0 bridgehead atoms. The first-order valence-corrected chi connectivity index (χ1v) is 6.12. The van der Waals surface area contributed by atoms with Gasteiger partial charge in [-0.25, -0.2) is 9.59 Å². The van der Waals surface area contributed by atoms with E-state index in [-0.39, 0.29) is 13.2 Å². The van der Waals surface area contributed by atoms with Gasteiger partial charge in [0.25, 0.3) is 0 Å². The van der Waals surface area contributed by atoms with Gasteiger partial charge in [-0.15, -0.1) is 0 Å². The van der Waals surface area contributed by atoms with Crippen molar-refractivity contribution in [2.75, 3.05) is 39.3 Å². The summed E-state index contributed by atoms with van der Waals surface area (Å²) in [6.45, 7) is -0.0856. The number of hydrogen-bond donors (Lipinski definition) is 3. The molecule has 1 rings (SSSR count). The summed E-state index contributed by atoms with van der Waals surface area (Å²) in [5.74, 6) is 0.0480. The Bertz CT molecular complexity index is 469. The van der Waals surface area contributed by atoms with Gasteiger partial charge in [0.15, 0.2) is 0 Å². The highest BCUT2D eigenvalue weighted by Crippen LogP contribution is 2.25. The minimum Gasteiger partial charge on any atom is -0.497 e. The van der Waals surface area contributed by atoms with Crippen molar-refractivity contribution >= 4 is 17.7 Å². The molecule has 0 spiro atoms. The lowest BCUT2D eigenvalue weighted by Gasteiger charge is -2.10. The molecule has 8 nitrogen and oxygen atoms in total. The molecule has 1 aromatic rings. The van der Waals surface area contributed by atoms with Crippen LogP contribution < -0.4 is 20.1 Å². The number of aliphatic carboxylic acids is 1. The maximum absolute atomic E-state index is 11.6. The van der Waals surface area contributed by atoms with Crippen LogP contribution in [0, 0.1) is 0 Å². The molecule has 0 aliphatic carbocycles. The third-order valence-corrected chi connectivity index (χ3v) is 2.37. The lowest BCUT2D eigenvalue weighted by molar-refractivity contribution is -0.142. The minimum atomic E-state index is -1.05. The normalized spacial score (nSPS) is 9.81. The highest BCUT2D eigenvalue weighted by molar-refractivity contribution is 5.89. The van der Waals surface area contributed by atoms with Crippen LogP contribution in [0.2, 0.25) is 0 Å². The Labute approximate surface area is 122 Å². The van der Waals surface area contributed by atoms with E-state index in [2.05, 4.69) is 10.6 Å². The van der Waals surface area contributed by atoms with Crippen molar-refractivity contribution in [1.29, 1.82) is 0 Å². The van der Waals surface area contributed by atoms with E-state index in [9.17, 15) is 9.59 Å². The highest BCUT2D eigenvalue weighted by Gasteiger charge is 2.05. The standard InChI is InChI=1S/C13H18N2O6/c1-19-10-5-9(6-11(7-10)20-2)15-13(18)14-3-4-21-8-12(16)17/h5-7H,3-4,8H2,1-2H3,(H,16,17)(H2,14,15,18). The number of anilines is 1. The van der Waals surface area contributed by atoms with E-state index in [1.54, 1.807) is 18.2 Å². The number of urea groups is 1. The Kier molecular flexibility index (Phi) is 6.82. The first kappa shape index (κ1) is 16.6. The molecule has 0 atom stereocenters. The summed E-state index contributed by atoms with van der Waals surface area (Å²) >= 11 is 0. The van der Waals surface area contributed by atoms with Gasteiger partial charge in [0.05, 0.1) is 20.8 Å². The maximum atomic E-state index is 11.6. The maximum Gasteiger partial charge on any atom is 0.329 e. The van der Waals surface area contributed by atoms with Crippen molar-refractivity contribution in [1.82, 2.24) is 5.32 Å². The molecule has 0 radical (unpaired) electrons. The van der Waals surface area contributed by atoms with Crippen LogP contribution in [0.5, 0.6) is 11.5 Å². The number of carbonyl (C=O) groups is 2. The molecule has 2 amide bonds. The average molecular weight is 298 g/mol. The number of benzene rings is 1. The van der Waals surface area contributed by atoms with Gasteiger partial charge >= 0.3 is 12.0 Å². The van der Waals surface area contributed by atoms with Gasteiger partial charge in [-0.2, -0.15) is 0 Å². The number of hydrogen-bond acceptors (Lipinski definition) is 5. The third kappa shape index (κ3) is 6.48. The Morgan fingerprint density at radius 1 is 1.14 bits per heavy atom. The Hall–Kier alpha value is -2.48. The molecule has 8 heteroatoms. The second-order valence-corrected chi connectivity index (χ2v) is 3.93. The van der Waals surface area contributed by atoms with Crippen LogP contribution in [-0.4, -0.2) is 51.1 Å². The van der Waals surface area contributed by atoms with Gasteiger partial charge in [0, 0.05) is 30.4 Å². The second kappa shape index (κ2) is 8.64. The van der Waals surface area contributed by atoms with Gasteiger partial charge < -0.3 is 30.0 Å². The molecule has 0 fully saturated rings. The smallest absolute Gasteiger partial charge is 0.329 e. The summed E-state index contributed by atoms with van der Waals surface area (Å²) in [6, 6.07) is 4.53. The fraction of sp³-hybridized carbons (Fsp3) is 0.385. The van der Waals surface area contributed by atoms with Crippen LogP contribution in [0.3, 0.4) is 0 Å². The SMILES string of the molecule is COc1cc(NC(=O)NCCOCC(=O)O)cc(OC)c1. The first-order valence-electron chi connectivity index (χ1n) is 6.12. The molecule has 0 aromatic heterocycles. The Balaban J connectivity index is 2.42. The monoisotopic (exact) mass is 298 g/mol. The molecule has 3 N–H and O–H groups in total. The average Bonchev–Trinajstić information content (AvgIpc) is 2.46. The lowest BCUT2D eigenvalue weighted by Crippen LogP contribution is -2.32. The van der Waals surface area contributed by atoms with E-state index in [0.29, 0.717) is 17.2 Å². The molecule has 0 saturated carbocycles. The van der Waals surface area contributed by atoms with Gasteiger partial charge in [-0.05, 0) is 0 Å². The first-order chi connectivity index (χ1) is 10.0. The summed E-state index contributed by atoms with van der Waals surface area (Å²) in [4.78, 5) is 21.8. The van der Waals surface area contributed by atoms with Crippen LogP contribution in [-0.2, 0) is 9.53 Å². The zero-order valence-electron chi connectivity index (χ0n) is 11.8. The predicted molar refractivity (Wildman–Crippen MR) is 75.0 cm³/mol. The molecule has 21 heavy (non-hydrogen) atoms. The summed E-state index contributed by atoms with van der Waals surface area (Å²) < 4.78 is 15.0. The Morgan fingerprint density at radius 3 is 2.29 bits per heavy atom. The van der Waals surface area contributed by atoms with Gasteiger partial charge in [-0.3, -0.25) is 0 Å². The molecular formula is C13H18N2O6. The molecule has 0 saturated heterocycles. The molecule has 1 aromatic carbocycles. The van der Waals surface area contributed by atoms with Crippen molar-refractivity contribution in [3.8, 4) is 11.5 Å². The van der Waals surface area contributed by atoms with Gasteiger partial charge in [0.2, 0.25) is 0 Å². The molecular weight excluding hydrogens is 280 g/mol. The van der Waals surface area contributed by atoms with E-state index < -0.39 is 18.6 Å². The molecule has 0 aliphatic heterocycles. The quantitative estimate of drug-likeness (QED) is 0.616. The number of rotatable bonds is 8. The fourth-order valence-electron chi connectivity index (χ4n) is 1.45. The number of nitrogens with one attached hydrogen (secondary N) is 2. The molecule has 116 valence electrons. The van der Waals surface area contributed by atoms with Crippen LogP contribution >= 0.6 is 0 Å². The van der Waals surface area contributed by atoms with Crippen LogP contribution in [0.15, 0.2) is 18.2 Å². The number of carboxylic acid groups (broad SMARTS) is 1. The number of ether oxygens (including phenoxy) is 3. The minimum absolute atomic E-state index is 0.112. The van der Waals surface area contributed by atoms with Crippen LogP contribution in [0.1, 0.15) is 0 Å². The van der Waals surface area contributed by atoms with E-state index in [1.807, 2.05) is 0 Å². The zero-order valence-corrected chi connectivity index (χ0v) is 11.8. The summed E-state index contributed by atoms with van der Waals surface area (Å²) in [6.07, 6.45) is 0. The van der Waals surface area contributed by atoms with E-state index in [4.69, 9.17) is 19.3 Å². The van der Waals surface area contributed by atoms with Crippen LogP contribution in [0.4, 0.5) is 10.5 Å². The largest absolute Gasteiger partial charge is 0.497 e. The van der Waals surface area contributed by atoms with E-state index in [0.717, 1.165) is 0 Å². The summed E-state index contributed by atoms with van der Waals surface area (Å²) in [7, 11) is 3.02. The number of methoxy groups -OCH3 is 2. The van der Waals surface area contributed by atoms with Crippen molar-refractivity contribution < 1.29 is 28.9 Å². The topological polar surface area (TPSA) is 106 Å². The van der Waals surface area contributed by atoms with E-state index >= 15 is 0 Å². The lowest BCUT2D eigenvalue weighted by atomic mass is 10.3. The number of carboxylic acids is 1.